The molecular formula is C17H14N6O2. The number of para-hydroxylation sites is 1. The third-order valence-electron chi connectivity index (χ3n) is 3.30. The molecule has 1 amide bonds. The summed E-state index contributed by atoms with van der Waals surface area (Å²) in [5, 5.41) is 20.3. The van der Waals surface area contributed by atoms with Gasteiger partial charge in [-0.3, -0.25) is 4.79 Å². The summed E-state index contributed by atoms with van der Waals surface area (Å²) in [6.07, 6.45) is 1.52. The second-order valence-corrected chi connectivity index (χ2v) is 5.04. The van der Waals surface area contributed by atoms with Gasteiger partial charge in [0.05, 0.1) is 11.7 Å². The van der Waals surface area contributed by atoms with E-state index in [0.29, 0.717) is 5.75 Å². The van der Waals surface area contributed by atoms with E-state index in [-0.39, 0.29) is 19.1 Å². The Bertz CT molecular complexity index is 940. The molecule has 2 aromatic carbocycles. The van der Waals surface area contributed by atoms with E-state index in [2.05, 4.69) is 20.8 Å². The minimum atomic E-state index is -0.305. The van der Waals surface area contributed by atoms with E-state index >= 15 is 0 Å². The number of aromatic nitrogens is 3. The van der Waals surface area contributed by atoms with Crippen LogP contribution in [0.2, 0.25) is 0 Å². The number of carbonyl (C=O) groups excluding carboxylic acids is 1. The second-order valence-electron chi connectivity index (χ2n) is 5.04. The van der Waals surface area contributed by atoms with Crippen molar-refractivity contribution in [2.45, 2.75) is 6.54 Å². The van der Waals surface area contributed by atoms with Gasteiger partial charge in [0, 0.05) is 0 Å². The fourth-order valence-corrected chi connectivity index (χ4v) is 2.15. The van der Waals surface area contributed by atoms with E-state index in [1.165, 1.54) is 10.9 Å². The van der Waals surface area contributed by atoms with Crippen LogP contribution < -0.4 is 10.2 Å². The van der Waals surface area contributed by atoms with Crippen molar-refractivity contribution in [3.8, 4) is 11.8 Å². The van der Waals surface area contributed by atoms with Gasteiger partial charge >= 0.3 is 0 Å². The third kappa shape index (κ3) is 4.17. The first-order valence-electron chi connectivity index (χ1n) is 7.46. The number of hydrogen-bond acceptors (Lipinski definition) is 6. The molecule has 0 saturated heterocycles. The van der Waals surface area contributed by atoms with E-state index in [1.807, 2.05) is 30.3 Å². The zero-order chi connectivity index (χ0) is 17.5. The van der Waals surface area contributed by atoms with Crippen molar-refractivity contribution in [2.75, 3.05) is 6.61 Å². The zero-order valence-electron chi connectivity index (χ0n) is 13.2. The van der Waals surface area contributed by atoms with Crippen LogP contribution in [0.4, 0.5) is 0 Å². The van der Waals surface area contributed by atoms with Gasteiger partial charge in [0.15, 0.2) is 6.61 Å². The smallest absolute Gasteiger partial charge is 0.261 e. The summed E-state index contributed by atoms with van der Waals surface area (Å²) in [5.41, 5.74) is 4.76. The highest BCUT2D eigenvalue weighted by Crippen LogP contribution is 2.11. The molecule has 25 heavy (non-hydrogen) atoms. The predicted octanol–water partition coefficient (Wildman–Crippen LogP) is 1.48. The van der Waals surface area contributed by atoms with Crippen LogP contribution in [-0.2, 0) is 11.3 Å². The van der Waals surface area contributed by atoms with Gasteiger partial charge in [-0.25, -0.2) is 10.1 Å². The first kappa shape index (κ1) is 16.1. The second kappa shape index (κ2) is 7.70. The first-order chi connectivity index (χ1) is 12.3. The van der Waals surface area contributed by atoms with E-state index in [4.69, 9.17) is 10.00 Å². The summed E-state index contributed by atoms with van der Waals surface area (Å²) < 4.78 is 6.67. The molecule has 0 radical (unpaired) electrons. The maximum absolute atomic E-state index is 12.0. The molecule has 0 atom stereocenters. The fourth-order valence-electron chi connectivity index (χ4n) is 2.15. The first-order valence-corrected chi connectivity index (χ1v) is 7.46. The van der Waals surface area contributed by atoms with Gasteiger partial charge in [-0.05, 0) is 42.0 Å². The van der Waals surface area contributed by atoms with E-state index in [0.717, 1.165) is 16.6 Å². The molecule has 1 N–H and O–H groups in total. The van der Waals surface area contributed by atoms with E-state index in [1.54, 1.807) is 24.3 Å². The quantitative estimate of drug-likeness (QED) is 0.543. The van der Waals surface area contributed by atoms with Crippen molar-refractivity contribution >= 4 is 23.2 Å². The van der Waals surface area contributed by atoms with Crippen molar-refractivity contribution in [3.63, 3.8) is 0 Å². The molecule has 3 rings (SSSR count). The van der Waals surface area contributed by atoms with Crippen LogP contribution in [0.25, 0.3) is 11.0 Å². The topological polar surface area (TPSA) is 105 Å². The van der Waals surface area contributed by atoms with Crippen LogP contribution in [0.3, 0.4) is 0 Å². The molecule has 3 aromatic rings. The van der Waals surface area contributed by atoms with Crippen LogP contribution in [0.5, 0.6) is 5.75 Å². The highest BCUT2D eigenvalue weighted by Gasteiger charge is 2.07. The summed E-state index contributed by atoms with van der Waals surface area (Å²) in [6, 6.07) is 16.3. The highest BCUT2D eigenvalue weighted by molar-refractivity contribution is 5.83. The van der Waals surface area contributed by atoms with Gasteiger partial charge in [-0.2, -0.15) is 10.4 Å². The van der Waals surface area contributed by atoms with Crippen LogP contribution in [0.1, 0.15) is 5.56 Å². The minimum Gasteiger partial charge on any atom is -0.479 e. The molecule has 0 aliphatic carbocycles. The molecule has 1 aromatic heterocycles. The average Bonchev–Trinajstić information content (AvgIpc) is 3.04. The molecule has 0 aliphatic heterocycles. The van der Waals surface area contributed by atoms with Crippen LogP contribution in [0, 0.1) is 11.3 Å². The monoisotopic (exact) mass is 334 g/mol. The summed E-state index contributed by atoms with van der Waals surface area (Å²) in [5.74, 6) is 0.293. The Labute approximate surface area is 143 Å². The Kier molecular flexibility index (Phi) is 4.97. The lowest BCUT2D eigenvalue weighted by atomic mass is 10.2. The molecular weight excluding hydrogens is 320 g/mol. The Morgan fingerprint density at radius 1 is 1.28 bits per heavy atom. The fraction of sp³-hybridized carbons (Fsp3) is 0.118. The van der Waals surface area contributed by atoms with E-state index < -0.39 is 0 Å². The molecule has 8 nitrogen and oxygen atoms in total. The summed E-state index contributed by atoms with van der Waals surface area (Å²) in [7, 11) is 0. The Balaban J connectivity index is 1.55. The number of ether oxygens (including phenoxy) is 1. The standard InChI is InChI=1S/C17H14N6O2/c18-9-10-25-14-7-5-13(6-8-14)11-19-21-17(24)12-23-16-4-2-1-3-15(16)20-22-23/h1-8,11H,10,12H2,(H,21,24)/b19-11-. The SMILES string of the molecule is N#CCOc1ccc(/C=N\NC(=O)Cn2nnc3ccccc32)cc1. The van der Waals surface area contributed by atoms with Gasteiger partial charge in [-0.15, -0.1) is 5.10 Å². The molecule has 0 unspecified atom stereocenters. The van der Waals surface area contributed by atoms with Crippen molar-refractivity contribution in [1.29, 1.82) is 5.26 Å². The maximum atomic E-state index is 12.0. The lowest BCUT2D eigenvalue weighted by Gasteiger charge is -2.02. The van der Waals surface area contributed by atoms with Crippen molar-refractivity contribution in [2.24, 2.45) is 5.10 Å². The van der Waals surface area contributed by atoms with Crippen LogP contribution in [-0.4, -0.2) is 33.7 Å². The largest absolute Gasteiger partial charge is 0.479 e. The lowest BCUT2D eigenvalue weighted by molar-refractivity contribution is -0.121. The van der Waals surface area contributed by atoms with E-state index in [9.17, 15) is 4.79 Å². The van der Waals surface area contributed by atoms with Gasteiger partial charge < -0.3 is 4.74 Å². The van der Waals surface area contributed by atoms with Crippen molar-refractivity contribution in [3.05, 3.63) is 54.1 Å². The number of benzene rings is 2. The third-order valence-corrected chi connectivity index (χ3v) is 3.30. The molecule has 0 saturated carbocycles. The number of carbonyl (C=O) groups is 1. The number of fused-ring (bicyclic) bond motifs is 1. The van der Waals surface area contributed by atoms with Crippen molar-refractivity contribution in [1.82, 2.24) is 20.4 Å². The lowest BCUT2D eigenvalue weighted by Crippen LogP contribution is -2.23. The van der Waals surface area contributed by atoms with Crippen LogP contribution >= 0.6 is 0 Å². The summed E-state index contributed by atoms with van der Waals surface area (Å²) in [4.78, 5) is 12.0. The van der Waals surface area contributed by atoms with Gasteiger partial charge in [0.1, 0.15) is 23.9 Å². The highest BCUT2D eigenvalue weighted by atomic mass is 16.5. The molecule has 1 heterocycles. The van der Waals surface area contributed by atoms with Gasteiger partial charge in [-0.1, -0.05) is 17.3 Å². The number of amides is 1. The average molecular weight is 334 g/mol. The van der Waals surface area contributed by atoms with Gasteiger partial charge in [0.25, 0.3) is 5.91 Å². The number of nitrogens with one attached hydrogen (secondary N) is 1. The Morgan fingerprint density at radius 3 is 2.88 bits per heavy atom. The molecule has 0 fully saturated rings. The Morgan fingerprint density at radius 2 is 2.08 bits per heavy atom. The summed E-state index contributed by atoms with van der Waals surface area (Å²) in [6.45, 7) is 0.0270. The molecule has 0 spiro atoms. The molecule has 0 aliphatic rings. The minimum absolute atomic E-state index is 0.000457. The number of hydrazone groups is 1. The van der Waals surface area contributed by atoms with Crippen molar-refractivity contribution < 1.29 is 9.53 Å². The normalized spacial score (nSPS) is 10.7. The maximum Gasteiger partial charge on any atom is 0.261 e. The number of rotatable bonds is 6. The summed E-state index contributed by atoms with van der Waals surface area (Å²) >= 11 is 0. The predicted molar refractivity (Wildman–Crippen MR) is 90.8 cm³/mol. The number of hydrogen-bond donors (Lipinski definition) is 1. The Hall–Kier alpha value is -3.73. The number of nitriles is 1. The zero-order valence-corrected chi connectivity index (χ0v) is 13.2. The van der Waals surface area contributed by atoms with Crippen LogP contribution in [0.15, 0.2) is 53.6 Å². The molecule has 8 heteroatoms. The molecule has 124 valence electrons. The van der Waals surface area contributed by atoms with Gasteiger partial charge in [0.2, 0.25) is 0 Å². The molecule has 0 bridgehead atoms. The number of nitrogens with zero attached hydrogens (tertiary/aromatic N) is 5.